The third kappa shape index (κ3) is 10.5. The molecule has 0 saturated heterocycles. The molecule has 0 fully saturated rings. The fourth-order valence-electron chi connectivity index (χ4n) is 13.5. The molecule has 20 aromatic carbocycles. The van der Waals surface area contributed by atoms with Crippen molar-refractivity contribution in [1.82, 2.24) is 0 Å². The molecular weight excluding hydrogens is 1080 g/mol. The smallest absolute Gasteiger partial charge is 0.00990 e. The summed E-state index contributed by atoms with van der Waals surface area (Å²) in [5.74, 6) is 0. The molecule has 0 aromatic heterocycles. The molecule has 0 saturated carbocycles. The van der Waals surface area contributed by atoms with Gasteiger partial charge in [-0.25, -0.2) is 0 Å². The third-order valence-electron chi connectivity index (χ3n) is 18.1. The normalized spacial score (nSPS) is 11.3. The zero-order valence-electron chi connectivity index (χ0n) is 49.6. The number of fused-ring (bicyclic) bond motifs is 20. The zero-order chi connectivity index (χ0) is 59.7. The van der Waals surface area contributed by atoms with Crippen molar-refractivity contribution in [2.24, 2.45) is 0 Å². The first-order valence-corrected chi connectivity index (χ1v) is 31.1. The van der Waals surface area contributed by atoms with Crippen molar-refractivity contribution in [1.29, 1.82) is 0 Å². The van der Waals surface area contributed by atoms with Crippen LogP contribution in [0.3, 0.4) is 0 Å². The Kier molecular flexibility index (Phi) is 14.1. The van der Waals surface area contributed by atoms with E-state index in [1.54, 1.807) is 0 Å². The molecule has 20 rings (SSSR count). The van der Waals surface area contributed by atoms with Gasteiger partial charge in [-0.05, 0) is 222 Å². The van der Waals surface area contributed by atoms with Gasteiger partial charge in [-0.1, -0.05) is 303 Å². The summed E-state index contributed by atoms with van der Waals surface area (Å²) in [4.78, 5) is 0. The minimum atomic E-state index is 1.31. The maximum Gasteiger partial charge on any atom is -0.00990 e. The molecule has 20 aromatic rings. The summed E-state index contributed by atoms with van der Waals surface area (Å²) in [6.45, 7) is 0. The topological polar surface area (TPSA) is 0 Å². The third-order valence-corrected chi connectivity index (χ3v) is 18.1. The molecule has 0 heterocycles. The molecule has 420 valence electrons. The Morgan fingerprint density at radius 2 is 0.200 bits per heavy atom. The summed E-state index contributed by atoms with van der Waals surface area (Å²) in [6.07, 6.45) is 0. The van der Waals surface area contributed by atoms with Gasteiger partial charge in [0.2, 0.25) is 0 Å². The van der Waals surface area contributed by atoms with E-state index in [2.05, 4.69) is 364 Å². The van der Waals surface area contributed by atoms with E-state index in [1.165, 1.54) is 162 Å². The molecule has 0 heteroatoms. The van der Waals surface area contributed by atoms with Gasteiger partial charge in [-0.3, -0.25) is 0 Å². The average molecular weight is 1140 g/mol. The fourth-order valence-corrected chi connectivity index (χ4v) is 13.5. The number of benzene rings is 20. The molecule has 0 bridgehead atoms. The number of rotatable bonds is 0. The Morgan fingerprint density at radius 1 is 0.0778 bits per heavy atom. The molecule has 0 N–H and O–H groups in total. The minimum absolute atomic E-state index is 1.31. The minimum Gasteiger partial charge on any atom is -0.0616 e. The van der Waals surface area contributed by atoms with Crippen LogP contribution in [0.5, 0.6) is 0 Å². The summed E-state index contributed by atoms with van der Waals surface area (Å²) in [7, 11) is 0. The van der Waals surface area contributed by atoms with Crippen LogP contribution in [0, 0.1) is 0 Å². The quantitative estimate of drug-likeness (QED) is 0.105. The van der Waals surface area contributed by atoms with E-state index in [9.17, 15) is 0 Å². The first-order chi connectivity index (χ1) is 44.6. The Hall–Kier alpha value is -11.7. The second-order valence-corrected chi connectivity index (χ2v) is 23.5. The van der Waals surface area contributed by atoms with E-state index in [1.807, 2.05) is 0 Å². The average Bonchev–Trinajstić information content (AvgIpc) is 1.49. The molecule has 0 unspecified atom stereocenters. The summed E-state index contributed by atoms with van der Waals surface area (Å²) in [5, 5.41) is 39.5. The van der Waals surface area contributed by atoms with Crippen molar-refractivity contribution in [2.45, 2.75) is 0 Å². The monoisotopic (exact) mass is 1140 g/mol. The summed E-state index contributed by atoms with van der Waals surface area (Å²) in [6, 6.07) is 130. The van der Waals surface area contributed by atoms with Crippen molar-refractivity contribution in [3.63, 3.8) is 0 Å². The standard InChI is InChI=1S/5C18H12/c5*1-2-7-15-12-18-16(11-14(15)6-1)10-9-13-5-3-4-8-17(13)18/h5*1-12H. The molecule has 0 atom stereocenters. The van der Waals surface area contributed by atoms with Gasteiger partial charge < -0.3 is 0 Å². The lowest BCUT2D eigenvalue weighted by atomic mass is 9.98. The van der Waals surface area contributed by atoms with Crippen molar-refractivity contribution < 1.29 is 0 Å². The predicted molar refractivity (Wildman–Crippen MR) is 395 cm³/mol. The lowest BCUT2D eigenvalue weighted by Gasteiger charge is -2.06. The lowest BCUT2D eigenvalue weighted by Crippen LogP contribution is -1.79. The number of hydrogen-bond acceptors (Lipinski definition) is 0. The van der Waals surface area contributed by atoms with Crippen molar-refractivity contribution in [3.05, 3.63) is 364 Å². The highest BCUT2D eigenvalue weighted by molar-refractivity contribution is 6.16. The van der Waals surface area contributed by atoms with Crippen LogP contribution in [0.25, 0.3) is 162 Å². The van der Waals surface area contributed by atoms with Crippen LogP contribution in [0.4, 0.5) is 0 Å². The molecule has 0 nitrogen and oxygen atoms in total. The van der Waals surface area contributed by atoms with Gasteiger partial charge in [0.05, 0.1) is 0 Å². The molecule has 0 radical (unpaired) electrons. The van der Waals surface area contributed by atoms with E-state index in [-0.39, 0.29) is 0 Å². The second kappa shape index (κ2) is 23.5. The first kappa shape index (κ1) is 53.7. The van der Waals surface area contributed by atoms with Crippen LogP contribution in [0.2, 0.25) is 0 Å². The van der Waals surface area contributed by atoms with Crippen molar-refractivity contribution in [3.8, 4) is 0 Å². The zero-order valence-corrected chi connectivity index (χ0v) is 49.6. The lowest BCUT2D eigenvalue weighted by molar-refractivity contribution is 1.77. The maximum absolute atomic E-state index is 2.30. The van der Waals surface area contributed by atoms with Crippen molar-refractivity contribution in [2.75, 3.05) is 0 Å². The number of hydrogen-bond donors (Lipinski definition) is 0. The van der Waals surface area contributed by atoms with Gasteiger partial charge in [0.15, 0.2) is 0 Å². The fraction of sp³-hybridized carbons (Fsp3) is 0. The molecule has 90 heavy (non-hydrogen) atoms. The van der Waals surface area contributed by atoms with E-state index in [0.717, 1.165) is 0 Å². The predicted octanol–water partition coefficient (Wildman–Crippen LogP) is 25.7. The SMILES string of the molecule is c1ccc2cc3c(ccc4ccccc43)cc2c1.c1ccc2cc3c(ccc4ccccc43)cc2c1.c1ccc2cc3c(ccc4ccccc43)cc2c1.c1ccc2cc3c(ccc4ccccc43)cc2c1.c1ccc2cc3c(ccc4ccccc43)cc2c1. The van der Waals surface area contributed by atoms with Gasteiger partial charge in [0, 0.05) is 0 Å². The van der Waals surface area contributed by atoms with E-state index < -0.39 is 0 Å². The van der Waals surface area contributed by atoms with Gasteiger partial charge in [-0.15, -0.1) is 0 Å². The Balaban J connectivity index is 0.0000000901. The molecular formula is C90H60. The molecule has 0 spiro atoms. The second-order valence-electron chi connectivity index (χ2n) is 23.5. The van der Waals surface area contributed by atoms with Gasteiger partial charge in [0.1, 0.15) is 0 Å². The first-order valence-electron chi connectivity index (χ1n) is 31.1. The maximum atomic E-state index is 2.30. The molecule has 0 aliphatic heterocycles. The van der Waals surface area contributed by atoms with E-state index in [0.29, 0.717) is 0 Å². The van der Waals surface area contributed by atoms with Crippen LogP contribution < -0.4 is 0 Å². The summed E-state index contributed by atoms with van der Waals surface area (Å²) >= 11 is 0. The van der Waals surface area contributed by atoms with E-state index in [4.69, 9.17) is 0 Å². The highest BCUT2D eigenvalue weighted by atomic mass is 14.1. The van der Waals surface area contributed by atoms with Gasteiger partial charge in [0.25, 0.3) is 0 Å². The van der Waals surface area contributed by atoms with Crippen LogP contribution in [0.1, 0.15) is 0 Å². The van der Waals surface area contributed by atoms with Crippen LogP contribution in [-0.4, -0.2) is 0 Å². The highest BCUT2D eigenvalue weighted by Crippen LogP contribution is 2.35. The Bertz CT molecular complexity index is 5210. The largest absolute Gasteiger partial charge is 0.0616 e. The van der Waals surface area contributed by atoms with Crippen molar-refractivity contribution >= 4 is 162 Å². The van der Waals surface area contributed by atoms with E-state index >= 15 is 0 Å². The highest BCUT2D eigenvalue weighted by Gasteiger charge is 2.07. The van der Waals surface area contributed by atoms with Crippen LogP contribution >= 0.6 is 0 Å². The van der Waals surface area contributed by atoms with Crippen LogP contribution in [-0.2, 0) is 0 Å². The van der Waals surface area contributed by atoms with Crippen LogP contribution in [0.15, 0.2) is 364 Å². The van der Waals surface area contributed by atoms with Gasteiger partial charge in [-0.2, -0.15) is 0 Å². The van der Waals surface area contributed by atoms with Gasteiger partial charge >= 0.3 is 0 Å². The molecule has 0 amide bonds. The summed E-state index contributed by atoms with van der Waals surface area (Å²) < 4.78 is 0. The Morgan fingerprint density at radius 3 is 0.367 bits per heavy atom. The molecule has 0 aliphatic rings. The Labute approximate surface area is 522 Å². The molecule has 0 aliphatic carbocycles. The summed E-state index contributed by atoms with van der Waals surface area (Å²) in [5.41, 5.74) is 0.